The molecule has 2 amide bonds. The zero-order chi connectivity index (χ0) is 26.8. The van der Waals surface area contributed by atoms with E-state index < -0.39 is 24.0 Å². The number of ether oxygens (including phenoxy) is 2. The van der Waals surface area contributed by atoms with Crippen molar-refractivity contribution < 1.29 is 33.6 Å². The van der Waals surface area contributed by atoms with Gasteiger partial charge in [-0.05, 0) is 23.1 Å². The molecular weight excluding hydrogens is 488 g/mol. The average molecular weight is 521 g/mol. The SMILES string of the molecule is O=C(NCC(=O)OCc1ccccc1)N[C@@H](CCC(=O)OCc1ccccc1)COOCc1ccccc1. The zero-order valence-corrected chi connectivity index (χ0v) is 21.0. The fourth-order valence-corrected chi connectivity index (χ4v) is 3.29. The van der Waals surface area contributed by atoms with E-state index in [1.165, 1.54) is 0 Å². The molecular formula is C29H32N2O7. The zero-order valence-electron chi connectivity index (χ0n) is 21.0. The average Bonchev–Trinajstić information content (AvgIpc) is 2.96. The summed E-state index contributed by atoms with van der Waals surface area (Å²) < 4.78 is 10.5. The first kappa shape index (κ1) is 28.4. The lowest BCUT2D eigenvalue weighted by atomic mass is 10.1. The maximum atomic E-state index is 12.4. The number of hydrogen-bond donors (Lipinski definition) is 2. The molecule has 0 heterocycles. The van der Waals surface area contributed by atoms with Gasteiger partial charge in [0.05, 0.1) is 6.04 Å². The van der Waals surface area contributed by atoms with E-state index in [1.54, 1.807) is 0 Å². The molecule has 9 heteroatoms. The van der Waals surface area contributed by atoms with Crippen molar-refractivity contribution in [3.05, 3.63) is 108 Å². The highest BCUT2D eigenvalue weighted by molar-refractivity contribution is 5.81. The van der Waals surface area contributed by atoms with Gasteiger partial charge >= 0.3 is 18.0 Å². The van der Waals surface area contributed by atoms with Crippen LogP contribution in [-0.4, -0.2) is 37.2 Å². The smallest absolute Gasteiger partial charge is 0.325 e. The quantitative estimate of drug-likeness (QED) is 0.134. The number of urea groups is 1. The molecule has 3 aromatic rings. The van der Waals surface area contributed by atoms with Crippen LogP contribution < -0.4 is 10.6 Å². The molecule has 0 aliphatic heterocycles. The summed E-state index contributed by atoms with van der Waals surface area (Å²) in [5, 5.41) is 5.17. The second-order valence-electron chi connectivity index (χ2n) is 8.39. The summed E-state index contributed by atoms with van der Waals surface area (Å²) in [4.78, 5) is 47.2. The Morgan fingerprint density at radius 3 is 1.68 bits per heavy atom. The van der Waals surface area contributed by atoms with Crippen LogP contribution in [0.5, 0.6) is 0 Å². The lowest BCUT2D eigenvalue weighted by molar-refractivity contribution is -0.306. The monoisotopic (exact) mass is 520 g/mol. The minimum absolute atomic E-state index is 0.00925. The molecule has 0 unspecified atom stereocenters. The van der Waals surface area contributed by atoms with Crippen LogP contribution in [0.2, 0.25) is 0 Å². The lowest BCUT2D eigenvalue weighted by Gasteiger charge is -2.18. The molecule has 9 nitrogen and oxygen atoms in total. The Morgan fingerprint density at radius 2 is 1.13 bits per heavy atom. The van der Waals surface area contributed by atoms with Gasteiger partial charge in [-0.1, -0.05) is 91.0 Å². The maximum absolute atomic E-state index is 12.4. The van der Waals surface area contributed by atoms with Crippen molar-refractivity contribution >= 4 is 18.0 Å². The van der Waals surface area contributed by atoms with Crippen molar-refractivity contribution in [1.82, 2.24) is 10.6 Å². The van der Waals surface area contributed by atoms with Crippen molar-refractivity contribution in [2.75, 3.05) is 13.2 Å². The van der Waals surface area contributed by atoms with Gasteiger partial charge in [-0.2, -0.15) is 0 Å². The summed E-state index contributed by atoms with van der Waals surface area (Å²) in [7, 11) is 0. The lowest BCUT2D eigenvalue weighted by Crippen LogP contribution is -2.46. The van der Waals surface area contributed by atoms with Crippen LogP contribution >= 0.6 is 0 Å². The molecule has 200 valence electrons. The molecule has 0 spiro atoms. The van der Waals surface area contributed by atoms with E-state index >= 15 is 0 Å². The van der Waals surface area contributed by atoms with E-state index in [2.05, 4.69) is 10.6 Å². The predicted molar refractivity (Wildman–Crippen MR) is 139 cm³/mol. The third-order valence-corrected chi connectivity index (χ3v) is 5.33. The second-order valence-corrected chi connectivity index (χ2v) is 8.39. The summed E-state index contributed by atoms with van der Waals surface area (Å²) in [5.41, 5.74) is 2.65. The molecule has 0 aliphatic carbocycles. The van der Waals surface area contributed by atoms with E-state index in [1.807, 2.05) is 91.0 Å². The molecule has 0 fully saturated rings. The van der Waals surface area contributed by atoms with Crippen molar-refractivity contribution in [2.24, 2.45) is 0 Å². The number of amides is 2. The van der Waals surface area contributed by atoms with E-state index in [4.69, 9.17) is 19.2 Å². The van der Waals surface area contributed by atoms with Crippen LogP contribution in [0.1, 0.15) is 29.5 Å². The Labute approximate surface area is 222 Å². The van der Waals surface area contributed by atoms with Gasteiger partial charge in [0, 0.05) is 6.42 Å². The van der Waals surface area contributed by atoms with Gasteiger partial charge in [0.2, 0.25) is 0 Å². The Morgan fingerprint density at radius 1 is 0.632 bits per heavy atom. The van der Waals surface area contributed by atoms with Crippen molar-refractivity contribution in [1.29, 1.82) is 0 Å². The van der Waals surface area contributed by atoms with Crippen molar-refractivity contribution in [3.8, 4) is 0 Å². The van der Waals surface area contributed by atoms with Gasteiger partial charge in [0.1, 0.15) is 33.0 Å². The Balaban J connectivity index is 1.41. The molecule has 1 atom stereocenters. The van der Waals surface area contributed by atoms with Crippen LogP contribution in [0.4, 0.5) is 4.79 Å². The fourth-order valence-electron chi connectivity index (χ4n) is 3.29. The Bertz CT molecular complexity index is 1110. The van der Waals surface area contributed by atoms with E-state index in [0.717, 1.165) is 16.7 Å². The molecule has 0 radical (unpaired) electrons. The second kappa shape index (κ2) is 16.5. The molecule has 2 N–H and O–H groups in total. The molecule has 0 saturated heterocycles. The summed E-state index contributed by atoms with van der Waals surface area (Å²) in [6.45, 7) is 0.190. The summed E-state index contributed by atoms with van der Waals surface area (Å²) in [5.74, 6) is -0.983. The van der Waals surface area contributed by atoms with Gasteiger partial charge in [0.15, 0.2) is 0 Å². The molecule has 0 aliphatic rings. The number of rotatable bonds is 15. The number of hydrogen-bond acceptors (Lipinski definition) is 7. The minimum atomic E-state index is -0.601. The first-order valence-electron chi connectivity index (χ1n) is 12.3. The molecule has 0 saturated carbocycles. The molecule has 38 heavy (non-hydrogen) atoms. The highest BCUT2D eigenvalue weighted by Gasteiger charge is 2.17. The summed E-state index contributed by atoms with van der Waals surface area (Å²) in [6, 6.07) is 26.9. The van der Waals surface area contributed by atoms with Crippen LogP contribution in [0.15, 0.2) is 91.0 Å². The maximum Gasteiger partial charge on any atom is 0.325 e. The van der Waals surface area contributed by atoms with Crippen LogP contribution in [0.3, 0.4) is 0 Å². The molecule has 0 aromatic heterocycles. The van der Waals surface area contributed by atoms with Crippen molar-refractivity contribution in [2.45, 2.75) is 38.7 Å². The summed E-state index contributed by atoms with van der Waals surface area (Å²) in [6.07, 6.45) is 0.299. The minimum Gasteiger partial charge on any atom is -0.461 e. The first-order valence-corrected chi connectivity index (χ1v) is 12.3. The molecule has 0 bridgehead atoms. The van der Waals surface area contributed by atoms with Crippen LogP contribution in [0, 0.1) is 0 Å². The number of esters is 2. The number of carbonyl (C=O) groups is 3. The standard InChI is InChI=1S/C29H32N2O7/c32-27(35-19-23-10-4-1-5-11-23)17-16-26(22-38-37-21-25-14-8-3-9-15-25)31-29(34)30-18-28(33)36-20-24-12-6-2-7-13-24/h1-15,26H,16-22H2,(H2,30,31,34)/t26-/m0/s1. The van der Waals surface area contributed by atoms with Gasteiger partial charge in [-0.15, -0.1) is 0 Å². The fraction of sp³-hybridized carbons (Fsp3) is 0.276. The largest absolute Gasteiger partial charge is 0.461 e. The molecule has 3 rings (SSSR count). The number of carbonyl (C=O) groups excluding carboxylic acids is 3. The van der Waals surface area contributed by atoms with Gasteiger partial charge in [0.25, 0.3) is 0 Å². The van der Waals surface area contributed by atoms with Crippen LogP contribution in [-0.2, 0) is 48.7 Å². The predicted octanol–water partition coefficient (Wildman–Crippen LogP) is 4.07. The number of benzene rings is 3. The third-order valence-electron chi connectivity index (χ3n) is 5.33. The Kier molecular flexibility index (Phi) is 12.3. The summed E-state index contributed by atoms with van der Waals surface area (Å²) >= 11 is 0. The third kappa shape index (κ3) is 11.7. The topological polar surface area (TPSA) is 112 Å². The van der Waals surface area contributed by atoms with Crippen molar-refractivity contribution in [3.63, 3.8) is 0 Å². The highest BCUT2D eigenvalue weighted by atomic mass is 17.2. The van der Waals surface area contributed by atoms with E-state index in [-0.39, 0.29) is 45.8 Å². The number of nitrogens with one attached hydrogen (secondary N) is 2. The van der Waals surface area contributed by atoms with Gasteiger partial charge in [-0.3, -0.25) is 9.59 Å². The van der Waals surface area contributed by atoms with Gasteiger partial charge < -0.3 is 20.1 Å². The normalized spacial score (nSPS) is 11.3. The van der Waals surface area contributed by atoms with E-state index in [9.17, 15) is 14.4 Å². The highest BCUT2D eigenvalue weighted by Crippen LogP contribution is 2.07. The molecule has 3 aromatic carbocycles. The van der Waals surface area contributed by atoms with Gasteiger partial charge in [-0.25, -0.2) is 14.6 Å². The van der Waals surface area contributed by atoms with Crippen LogP contribution in [0.25, 0.3) is 0 Å². The first-order chi connectivity index (χ1) is 18.6. The Hall–Kier alpha value is -4.21. The van der Waals surface area contributed by atoms with E-state index in [0.29, 0.717) is 0 Å².